The maximum absolute atomic E-state index is 12.7. The van der Waals surface area contributed by atoms with Crippen LogP contribution in [0, 0.1) is 11.8 Å². The molecule has 0 spiro atoms. The molecule has 4 N–H and O–H groups in total. The molecule has 2 aromatic rings. The van der Waals surface area contributed by atoms with Crippen LogP contribution in [-0.4, -0.2) is 35.7 Å². The van der Waals surface area contributed by atoms with Gasteiger partial charge in [-0.05, 0) is 67.8 Å². The molecule has 6 heteroatoms. The van der Waals surface area contributed by atoms with Gasteiger partial charge in [0.2, 0.25) is 0 Å². The van der Waals surface area contributed by atoms with Crippen molar-refractivity contribution >= 4 is 11.8 Å². The summed E-state index contributed by atoms with van der Waals surface area (Å²) >= 11 is 0. The van der Waals surface area contributed by atoms with Crippen LogP contribution in [0.2, 0.25) is 0 Å². The van der Waals surface area contributed by atoms with Crippen molar-refractivity contribution in [2.24, 2.45) is 0 Å². The van der Waals surface area contributed by atoms with Crippen molar-refractivity contribution in [1.29, 1.82) is 0 Å². The molecule has 2 amide bonds. The Hall–Kier alpha value is -3.14. The zero-order chi connectivity index (χ0) is 20.7. The van der Waals surface area contributed by atoms with Crippen molar-refractivity contribution in [1.82, 2.24) is 16.1 Å². The van der Waals surface area contributed by atoms with Crippen LogP contribution in [0.5, 0.6) is 0 Å². The number of carbonyl (C=O) groups is 2. The van der Waals surface area contributed by atoms with E-state index in [1.165, 1.54) is 5.56 Å². The summed E-state index contributed by atoms with van der Waals surface area (Å²) in [5, 5.41) is 14.9. The van der Waals surface area contributed by atoms with Crippen LogP contribution in [-0.2, 0) is 11.2 Å². The van der Waals surface area contributed by atoms with Crippen molar-refractivity contribution in [2.75, 3.05) is 13.1 Å². The Bertz CT molecular complexity index is 919. The highest BCUT2D eigenvalue weighted by atomic mass is 16.5. The lowest BCUT2D eigenvalue weighted by Crippen LogP contribution is -2.65. The second-order valence-electron chi connectivity index (χ2n) is 7.14. The zero-order valence-corrected chi connectivity index (χ0v) is 16.4. The van der Waals surface area contributed by atoms with Crippen LogP contribution in [0.15, 0.2) is 48.5 Å². The molecule has 0 aromatic heterocycles. The van der Waals surface area contributed by atoms with E-state index < -0.39 is 11.4 Å². The minimum absolute atomic E-state index is 0.269. The third kappa shape index (κ3) is 5.02. The molecule has 1 saturated heterocycles. The van der Waals surface area contributed by atoms with Gasteiger partial charge in [-0.1, -0.05) is 30.9 Å². The highest BCUT2D eigenvalue weighted by Gasteiger charge is 2.41. The van der Waals surface area contributed by atoms with E-state index in [1.54, 1.807) is 29.7 Å². The lowest BCUT2D eigenvalue weighted by atomic mass is 9.89. The summed E-state index contributed by atoms with van der Waals surface area (Å²) in [5.74, 6) is 5.22. The number of hydroxylamine groups is 1. The predicted octanol–water partition coefficient (Wildman–Crippen LogP) is 2.01. The molecule has 0 saturated carbocycles. The summed E-state index contributed by atoms with van der Waals surface area (Å²) in [7, 11) is 0. The summed E-state index contributed by atoms with van der Waals surface area (Å²) in [4.78, 5) is 24.8. The number of hydrogen-bond donors (Lipinski definition) is 4. The van der Waals surface area contributed by atoms with Gasteiger partial charge in [0.05, 0.1) is 0 Å². The first-order valence-electron chi connectivity index (χ1n) is 9.75. The molecule has 0 radical (unpaired) electrons. The van der Waals surface area contributed by atoms with Crippen LogP contribution in [0.3, 0.4) is 0 Å². The topological polar surface area (TPSA) is 90.5 Å². The molecule has 3 rings (SSSR count). The van der Waals surface area contributed by atoms with Gasteiger partial charge < -0.3 is 10.6 Å². The molecule has 6 nitrogen and oxygen atoms in total. The Balaban J connectivity index is 1.70. The van der Waals surface area contributed by atoms with Crippen molar-refractivity contribution in [3.05, 3.63) is 70.8 Å². The fourth-order valence-electron chi connectivity index (χ4n) is 3.33. The molecule has 1 atom stereocenters. The monoisotopic (exact) mass is 391 g/mol. The van der Waals surface area contributed by atoms with Gasteiger partial charge in [-0.25, -0.2) is 5.48 Å². The average molecular weight is 391 g/mol. The lowest BCUT2D eigenvalue weighted by Gasteiger charge is -2.36. The number of piperidine rings is 1. The SMILES string of the molecule is CCc1ccc(C#Cc2ccc(C(=O)N[C@]3(C(=O)NO)CCCNC3)cc2)cc1. The molecule has 0 bridgehead atoms. The standard InChI is InChI=1S/C23H25N3O3/c1-2-17-4-6-18(7-5-17)8-9-19-10-12-20(13-11-19)21(27)25-23(22(28)26-29)14-3-15-24-16-23/h4-7,10-13,24,29H,2-3,14-16H2,1H3,(H,25,27)(H,26,28)/t23-/m1/s1. The predicted molar refractivity (Wildman–Crippen MR) is 110 cm³/mol. The van der Waals surface area contributed by atoms with Crippen molar-refractivity contribution in [2.45, 2.75) is 31.7 Å². The second kappa shape index (κ2) is 9.37. The summed E-state index contributed by atoms with van der Waals surface area (Å²) in [6.07, 6.45) is 2.18. The summed E-state index contributed by atoms with van der Waals surface area (Å²) in [6, 6.07) is 15.0. The minimum Gasteiger partial charge on any atom is -0.336 e. The van der Waals surface area contributed by atoms with Gasteiger partial charge in [0.25, 0.3) is 11.8 Å². The Kier molecular flexibility index (Phi) is 6.65. The van der Waals surface area contributed by atoms with E-state index in [2.05, 4.69) is 41.5 Å². The molecular weight excluding hydrogens is 366 g/mol. The van der Waals surface area contributed by atoms with Crippen LogP contribution in [0.25, 0.3) is 0 Å². The van der Waals surface area contributed by atoms with Crippen LogP contribution in [0.1, 0.15) is 46.8 Å². The van der Waals surface area contributed by atoms with Crippen molar-refractivity contribution < 1.29 is 14.8 Å². The maximum Gasteiger partial charge on any atom is 0.270 e. The summed E-state index contributed by atoms with van der Waals surface area (Å²) in [5.41, 5.74) is 3.94. The Morgan fingerprint density at radius 1 is 1.07 bits per heavy atom. The quantitative estimate of drug-likeness (QED) is 0.365. The molecule has 150 valence electrons. The van der Waals surface area contributed by atoms with Crippen molar-refractivity contribution in [3.63, 3.8) is 0 Å². The summed E-state index contributed by atoms with van der Waals surface area (Å²) in [6.45, 7) is 3.15. The first-order valence-corrected chi connectivity index (χ1v) is 9.75. The number of rotatable bonds is 4. The van der Waals surface area contributed by atoms with Crippen molar-refractivity contribution in [3.8, 4) is 11.8 Å². The molecule has 1 fully saturated rings. The normalized spacial score (nSPS) is 18.3. The Labute approximate surface area is 170 Å². The number of aryl methyl sites for hydroxylation is 1. The third-order valence-electron chi connectivity index (χ3n) is 5.13. The maximum atomic E-state index is 12.7. The molecular formula is C23H25N3O3. The zero-order valence-electron chi connectivity index (χ0n) is 16.4. The van der Waals surface area contributed by atoms with Crippen LogP contribution >= 0.6 is 0 Å². The second-order valence-corrected chi connectivity index (χ2v) is 7.14. The largest absolute Gasteiger partial charge is 0.336 e. The van der Waals surface area contributed by atoms with E-state index in [4.69, 9.17) is 5.21 Å². The molecule has 0 aliphatic carbocycles. The van der Waals surface area contributed by atoms with E-state index in [1.807, 2.05) is 12.1 Å². The minimum atomic E-state index is -1.16. The molecule has 0 unspecified atom stereocenters. The third-order valence-corrected chi connectivity index (χ3v) is 5.13. The number of amides is 2. The van der Waals surface area contributed by atoms with E-state index in [-0.39, 0.29) is 12.5 Å². The highest BCUT2D eigenvalue weighted by molar-refractivity contribution is 5.99. The van der Waals surface area contributed by atoms with Gasteiger partial charge in [-0.15, -0.1) is 0 Å². The molecule has 29 heavy (non-hydrogen) atoms. The van der Waals surface area contributed by atoms with Gasteiger partial charge >= 0.3 is 0 Å². The highest BCUT2D eigenvalue weighted by Crippen LogP contribution is 2.18. The fraction of sp³-hybridized carbons (Fsp3) is 0.304. The van der Waals surface area contributed by atoms with E-state index >= 15 is 0 Å². The Morgan fingerprint density at radius 2 is 1.69 bits per heavy atom. The van der Waals surface area contributed by atoms with Crippen LogP contribution < -0.4 is 16.1 Å². The van der Waals surface area contributed by atoms with Gasteiger partial charge in [-0.2, -0.15) is 0 Å². The number of benzene rings is 2. The summed E-state index contributed by atoms with van der Waals surface area (Å²) < 4.78 is 0. The van der Waals surface area contributed by atoms with Gasteiger partial charge in [0.1, 0.15) is 5.54 Å². The van der Waals surface area contributed by atoms with E-state index in [0.29, 0.717) is 12.0 Å². The van der Waals surface area contributed by atoms with Gasteiger partial charge in [-0.3, -0.25) is 14.8 Å². The number of hydrogen-bond acceptors (Lipinski definition) is 4. The first kappa shape index (κ1) is 20.6. The fourth-order valence-corrected chi connectivity index (χ4v) is 3.33. The first-order chi connectivity index (χ1) is 14.1. The van der Waals surface area contributed by atoms with E-state index in [9.17, 15) is 9.59 Å². The molecule has 1 aliphatic rings. The van der Waals surface area contributed by atoms with Gasteiger partial charge in [0, 0.05) is 23.2 Å². The Morgan fingerprint density at radius 3 is 2.21 bits per heavy atom. The number of carbonyl (C=O) groups excluding carboxylic acids is 2. The average Bonchev–Trinajstić information content (AvgIpc) is 2.78. The molecule has 1 heterocycles. The van der Waals surface area contributed by atoms with Crippen LogP contribution in [0.4, 0.5) is 0 Å². The van der Waals surface area contributed by atoms with E-state index in [0.717, 1.165) is 30.5 Å². The molecule has 2 aromatic carbocycles. The molecule has 1 aliphatic heterocycles. The van der Waals surface area contributed by atoms with Gasteiger partial charge in [0.15, 0.2) is 0 Å². The number of nitrogens with one attached hydrogen (secondary N) is 3. The smallest absolute Gasteiger partial charge is 0.270 e. The lowest BCUT2D eigenvalue weighted by molar-refractivity contribution is -0.136.